The molecule has 17 heavy (non-hydrogen) atoms. The molecule has 0 atom stereocenters. The molecule has 1 N–H and O–H groups in total. The molecule has 2 rings (SSSR count). The van der Waals surface area contributed by atoms with Gasteiger partial charge in [-0.3, -0.25) is 0 Å². The van der Waals surface area contributed by atoms with E-state index >= 15 is 0 Å². The van der Waals surface area contributed by atoms with Gasteiger partial charge in [-0.25, -0.2) is 9.67 Å². The third-order valence-corrected chi connectivity index (χ3v) is 2.51. The summed E-state index contributed by atoms with van der Waals surface area (Å²) in [5, 5.41) is 7.79. The molecule has 0 amide bonds. The number of aryl methyl sites for hydroxylation is 1. The van der Waals surface area contributed by atoms with Crippen LogP contribution < -0.4 is 5.32 Å². The van der Waals surface area contributed by atoms with Crippen molar-refractivity contribution in [1.82, 2.24) is 20.1 Å². The zero-order valence-electron chi connectivity index (χ0n) is 10.5. The molecule has 4 nitrogen and oxygen atoms in total. The number of nitrogens with zero attached hydrogens (tertiary/aromatic N) is 3. The van der Waals surface area contributed by atoms with E-state index in [1.54, 1.807) is 6.20 Å². The molecule has 0 aliphatic carbocycles. The molecule has 2 heterocycles. The van der Waals surface area contributed by atoms with E-state index in [9.17, 15) is 0 Å². The van der Waals surface area contributed by atoms with Gasteiger partial charge in [0.25, 0.3) is 0 Å². The largest absolute Gasteiger partial charge is 0.310 e. The van der Waals surface area contributed by atoms with Crippen LogP contribution in [0.15, 0.2) is 30.6 Å². The van der Waals surface area contributed by atoms with Gasteiger partial charge in [0.15, 0.2) is 5.82 Å². The molecule has 90 valence electrons. The van der Waals surface area contributed by atoms with Gasteiger partial charge in [-0.1, -0.05) is 19.9 Å². The molecule has 0 saturated carbocycles. The Morgan fingerprint density at radius 1 is 1.35 bits per heavy atom. The van der Waals surface area contributed by atoms with Crippen LogP contribution in [0.4, 0.5) is 0 Å². The number of nitrogens with one attached hydrogen (secondary N) is 1. The van der Waals surface area contributed by atoms with Crippen LogP contribution in [0.5, 0.6) is 0 Å². The molecular weight excluding hydrogens is 212 g/mol. The molecular formula is C13H18N4. The molecule has 0 aliphatic heterocycles. The lowest BCUT2D eigenvalue weighted by Crippen LogP contribution is -2.23. The highest BCUT2D eigenvalue weighted by Gasteiger charge is 2.06. The van der Waals surface area contributed by atoms with Crippen LogP contribution in [0.3, 0.4) is 0 Å². The zero-order chi connectivity index (χ0) is 12.3. The average molecular weight is 230 g/mol. The van der Waals surface area contributed by atoms with Crippen molar-refractivity contribution >= 4 is 0 Å². The molecule has 2 aromatic heterocycles. The third-order valence-electron chi connectivity index (χ3n) is 2.51. The van der Waals surface area contributed by atoms with Gasteiger partial charge in [0.2, 0.25) is 0 Å². The summed E-state index contributed by atoms with van der Waals surface area (Å²) in [5.74, 6) is 0.897. The molecule has 4 heteroatoms. The van der Waals surface area contributed by atoms with E-state index < -0.39 is 0 Å². The first-order valence-corrected chi connectivity index (χ1v) is 5.87. The van der Waals surface area contributed by atoms with Crippen molar-refractivity contribution in [2.24, 2.45) is 0 Å². The van der Waals surface area contributed by atoms with Gasteiger partial charge in [0, 0.05) is 30.5 Å². The monoisotopic (exact) mass is 230 g/mol. The quantitative estimate of drug-likeness (QED) is 0.874. The minimum Gasteiger partial charge on any atom is -0.310 e. The number of aromatic nitrogens is 3. The first-order chi connectivity index (χ1) is 8.16. The Kier molecular flexibility index (Phi) is 3.54. The number of pyridine rings is 1. The summed E-state index contributed by atoms with van der Waals surface area (Å²) in [6.45, 7) is 7.05. The lowest BCUT2D eigenvalue weighted by Gasteiger charge is -2.11. The van der Waals surface area contributed by atoms with E-state index in [1.807, 2.05) is 29.9 Å². The van der Waals surface area contributed by atoms with Crippen molar-refractivity contribution in [2.75, 3.05) is 0 Å². The van der Waals surface area contributed by atoms with Crippen LogP contribution in [0.2, 0.25) is 0 Å². The van der Waals surface area contributed by atoms with Crippen molar-refractivity contribution in [3.05, 3.63) is 41.9 Å². The predicted octanol–water partition coefficient (Wildman–Crippen LogP) is 2.07. The van der Waals surface area contributed by atoms with Crippen molar-refractivity contribution < 1.29 is 0 Å². The Balaban J connectivity index is 2.27. The summed E-state index contributed by atoms with van der Waals surface area (Å²) in [6, 6.07) is 6.47. The zero-order valence-corrected chi connectivity index (χ0v) is 10.5. The van der Waals surface area contributed by atoms with E-state index in [0.29, 0.717) is 6.04 Å². The smallest absolute Gasteiger partial charge is 0.157 e. The number of rotatable bonds is 4. The SMILES string of the molecule is Cc1ccn(-c2ncccc2CNC(C)C)n1. The van der Waals surface area contributed by atoms with E-state index in [2.05, 4.69) is 35.3 Å². The average Bonchev–Trinajstić information content (AvgIpc) is 2.73. The van der Waals surface area contributed by atoms with Gasteiger partial charge in [0.1, 0.15) is 0 Å². The molecule has 0 saturated heterocycles. The Hall–Kier alpha value is -1.68. The second-order valence-electron chi connectivity index (χ2n) is 4.42. The van der Waals surface area contributed by atoms with E-state index in [0.717, 1.165) is 23.6 Å². The van der Waals surface area contributed by atoms with Gasteiger partial charge in [-0.2, -0.15) is 5.10 Å². The Morgan fingerprint density at radius 3 is 2.82 bits per heavy atom. The molecule has 0 bridgehead atoms. The van der Waals surface area contributed by atoms with Crippen LogP contribution >= 0.6 is 0 Å². The maximum absolute atomic E-state index is 4.40. The van der Waals surface area contributed by atoms with Crippen LogP contribution in [0.25, 0.3) is 5.82 Å². The first kappa shape index (κ1) is 11.8. The van der Waals surface area contributed by atoms with Crippen LogP contribution in [-0.2, 0) is 6.54 Å². The fourth-order valence-corrected chi connectivity index (χ4v) is 1.62. The van der Waals surface area contributed by atoms with Crippen molar-refractivity contribution in [1.29, 1.82) is 0 Å². The first-order valence-electron chi connectivity index (χ1n) is 5.87. The van der Waals surface area contributed by atoms with E-state index in [4.69, 9.17) is 0 Å². The number of hydrogen-bond donors (Lipinski definition) is 1. The van der Waals surface area contributed by atoms with Crippen LogP contribution in [0, 0.1) is 6.92 Å². The lowest BCUT2D eigenvalue weighted by atomic mass is 10.2. The minimum absolute atomic E-state index is 0.461. The molecule has 0 radical (unpaired) electrons. The minimum atomic E-state index is 0.461. The van der Waals surface area contributed by atoms with Gasteiger partial charge in [0.05, 0.1) is 5.69 Å². The Morgan fingerprint density at radius 2 is 2.18 bits per heavy atom. The molecule has 0 spiro atoms. The number of hydrogen-bond acceptors (Lipinski definition) is 3. The fraction of sp³-hybridized carbons (Fsp3) is 0.385. The van der Waals surface area contributed by atoms with Gasteiger partial charge >= 0.3 is 0 Å². The molecule has 2 aromatic rings. The third kappa shape index (κ3) is 2.91. The molecule has 0 aliphatic rings. The second kappa shape index (κ2) is 5.10. The van der Waals surface area contributed by atoms with Gasteiger partial charge < -0.3 is 5.32 Å². The van der Waals surface area contributed by atoms with E-state index in [1.165, 1.54) is 0 Å². The van der Waals surface area contributed by atoms with Gasteiger partial charge in [-0.05, 0) is 19.1 Å². The van der Waals surface area contributed by atoms with Crippen molar-refractivity contribution in [3.8, 4) is 5.82 Å². The van der Waals surface area contributed by atoms with Crippen LogP contribution in [0.1, 0.15) is 25.1 Å². The molecule has 0 unspecified atom stereocenters. The summed E-state index contributed by atoms with van der Waals surface area (Å²) in [4.78, 5) is 4.40. The maximum Gasteiger partial charge on any atom is 0.157 e. The molecule has 0 fully saturated rings. The normalized spacial score (nSPS) is 11.1. The summed E-state index contributed by atoms with van der Waals surface area (Å²) in [6.07, 6.45) is 3.74. The second-order valence-corrected chi connectivity index (χ2v) is 4.42. The predicted molar refractivity (Wildman–Crippen MR) is 68.1 cm³/mol. The Labute approximate surface area is 102 Å². The standard InChI is InChI=1S/C13H18N4/c1-10(2)15-9-12-5-4-7-14-13(12)17-8-6-11(3)16-17/h4-8,10,15H,9H2,1-3H3. The van der Waals surface area contributed by atoms with Gasteiger partial charge in [-0.15, -0.1) is 0 Å². The highest BCUT2D eigenvalue weighted by Crippen LogP contribution is 2.11. The summed E-state index contributed by atoms with van der Waals surface area (Å²) >= 11 is 0. The van der Waals surface area contributed by atoms with Crippen molar-refractivity contribution in [2.45, 2.75) is 33.4 Å². The van der Waals surface area contributed by atoms with Crippen LogP contribution in [-0.4, -0.2) is 20.8 Å². The molecule has 0 aromatic carbocycles. The summed E-state index contributed by atoms with van der Waals surface area (Å²) < 4.78 is 1.83. The van der Waals surface area contributed by atoms with Crippen molar-refractivity contribution in [3.63, 3.8) is 0 Å². The fourth-order valence-electron chi connectivity index (χ4n) is 1.62. The highest BCUT2D eigenvalue weighted by molar-refractivity contribution is 5.32. The topological polar surface area (TPSA) is 42.7 Å². The summed E-state index contributed by atoms with van der Waals surface area (Å²) in [7, 11) is 0. The lowest BCUT2D eigenvalue weighted by molar-refractivity contribution is 0.585. The Bertz CT molecular complexity index is 488. The highest BCUT2D eigenvalue weighted by atomic mass is 15.3. The summed E-state index contributed by atoms with van der Waals surface area (Å²) in [5.41, 5.74) is 2.16. The maximum atomic E-state index is 4.40. The van der Waals surface area contributed by atoms with E-state index in [-0.39, 0.29) is 0 Å².